The number of hydrogen-bond acceptors (Lipinski definition) is 3. The van der Waals surface area contributed by atoms with Gasteiger partial charge in [0, 0.05) is 6.42 Å². The van der Waals surface area contributed by atoms with Crippen molar-refractivity contribution >= 4 is 19.5 Å². The van der Waals surface area contributed by atoms with Gasteiger partial charge >= 0.3 is 11.9 Å². The van der Waals surface area contributed by atoms with Gasteiger partial charge in [-0.15, -0.1) is 6.58 Å². The molecule has 7 nitrogen and oxygen atoms in total. The van der Waals surface area contributed by atoms with Crippen LogP contribution in [0.1, 0.15) is 24.1 Å². The summed E-state index contributed by atoms with van der Waals surface area (Å²) in [4.78, 5) is 31.8. The lowest BCUT2D eigenvalue weighted by Crippen LogP contribution is -2.36. The highest BCUT2D eigenvalue weighted by molar-refractivity contribution is 7.56. The largest absolute Gasteiger partial charge is 0.481 e. The van der Waals surface area contributed by atoms with Crippen LogP contribution >= 0.6 is 7.52 Å². The Morgan fingerprint density at radius 2 is 1.86 bits per heavy atom. The van der Waals surface area contributed by atoms with Crippen molar-refractivity contribution in [2.24, 2.45) is 0 Å². The second-order valence-corrected chi connectivity index (χ2v) is 6.73. The molecule has 3 atom stereocenters. The van der Waals surface area contributed by atoms with E-state index >= 15 is 0 Å². The van der Waals surface area contributed by atoms with Gasteiger partial charge in [-0.05, 0) is 12.0 Å². The van der Waals surface area contributed by atoms with Gasteiger partial charge in [-0.25, -0.2) is 5.09 Å². The van der Waals surface area contributed by atoms with E-state index in [-0.39, 0.29) is 6.42 Å². The molecule has 0 aliphatic heterocycles. The first-order valence-electron chi connectivity index (χ1n) is 6.50. The zero-order chi connectivity index (χ0) is 16.8. The molecule has 8 heteroatoms. The number of benzene rings is 1. The Morgan fingerprint density at radius 1 is 1.27 bits per heavy atom. The first-order valence-corrected chi connectivity index (χ1v) is 8.23. The van der Waals surface area contributed by atoms with E-state index < -0.39 is 37.6 Å². The average molecular weight is 327 g/mol. The molecule has 1 rings (SSSR count). The summed E-state index contributed by atoms with van der Waals surface area (Å²) in [6, 6.07) is 6.94. The molecule has 0 fully saturated rings. The highest BCUT2D eigenvalue weighted by Crippen LogP contribution is 2.53. The molecular formula is C14H18NO6P. The molecule has 120 valence electrons. The highest BCUT2D eigenvalue weighted by atomic mass is 31.2. The normalized spacial score (nSPS) is 16.2. The van der Waals surface area contributed by atoms with Gasteiger partial charge in [-0.3, -0.25) is 14.2 Å². The van der Waals surface area contributed by atoms with Gasteiger partial charge in [0.2, 0.25) is 0 Å². The first kappa shape index (κ1) is 18.1. The molecule has 0 heterocycles. The molecule has 4 N–H and O–H groups in total. The second kappa shape index (κ2) is 7.89. The molecule has 0 radical (unpaired) electrons. The maximum Gasteiger partial charge on any atom is 0.321 e. The molecule has 3 unspecified atom stereocenters. The SMILES string of the molecule is C=CC(c1ccccc1)P(=O)(O)NC(CCC(=O)O)C(=O)O. The zero-order valence-corrected chi connectivity index (χ0v) is 12.6. The molecule has 0 saturated heterocycles. The Balaban J connectivity index is 2.94. The monoisotopic (exact) mass is 327 g/mol. The average Bonchev–Trinajstić information content (AvgIpc) is 2.44. The number of carboxylic acids is 2. The standard InChI is InChI=1S/C14H18NO6P/c1-2-12(10-6-4-3-5-7-10)22(20,21)15-11(14(18)19)8-9-13(16)17/h2-7,11-12H,1,8-9H2,(H,16,17)(H,18,19)(H2,15,20,21). The maximum atomic E-state index is 12.5. The van der Waals surface area contributed by atoms with E-state index in [0.29, 0.717) is 5.56 Å². The number of hydrogen-bond donors (Lipinski definition) is 4. The van der Waals surface area contributed by atoms with Crippen molar-refractivity contribution in [3.05, 3.63) is 48.6 Å². The summed E-state index contributed by atoms with van der Waals surface area (Å²) in [5, 5.41) is 19.8. The second-order valence-electron chi connectivity index (χ2n) is 4.67. The van der Waals surface area contributed by atoms with Crippen LogP contribution in [0.4, 0.5) is 0 Å². The zero-order valence-electron chi connectivity index (χ0n) is 11.8. The number of carbonyl (C=O) groups is 2. The quantitative estimate of drug-likeness (QED) is 0.404. The van der Waals surface area contributed by atoms with Crippen LogP contribution in [-0.4, -0.2) is 33.1 Å². The minimum absolute atomic E-state index is 0.298. The Morgan fingerprint density at radius 3 is 2.32 bits per heavy atom. The lowest BCUT2D eigenvalue weighted by Gasteiger charge is -2.24. The third kappa shape index (κ3) is 5.11. The predicted molar refractivity (Wildman–Crippen MR) is 80.6 cm³/mol. The fraction of sp³-hybridized carbons (Fsp3) is 0.286. The predicted octanol–water partition coefficient (Wildman–Crippen LogP) is 2.01. The van der Waals surface area contributed by atoms with Crippen LogP contribution in [0.2, 0.25) is 0 Å². The van der Waals surface area contributed by atoms with Gasteiger partial charge in [-0.1, -0.05) is 36.4 Å². The molecule has 0 saturated carbocycles. The molecule has 1 aromatic rings. The van der Waals surface area contributed by atoms with Gasteiger partial charge in [0.1, 0.15) is 6.04 Å². The summed E-state index contributed by atoms with van der Waals surface area (Å²) >= 11 is 0. The van der Waals surface area contributed by atoms with Gasteiger partial charge < -0.3 is 15.1 Å². The molecule has 0 aromatic heterocycles. The Kier molecular flexibility index (Phi) is 6.49. The molecule has 0 aliphatic carbocycles. The summed E-state index contributed by atoms with van der Waals surface area (Å²) in [7, 11) is -4.14. The van der Waals surface area contributed by atoms with Gasteiger partial charge in [-0.2, -0.15) is 0 Å². The third-order valence-electron chi connectivity index (χ3n) is 3.03. The van der Waals surface area contributed by atoms with Gasteiger partial charge in [0.15, 0.2) is 0 Å². The van der Waals surface area contributed by atoms with E-state index in [2.05, 4.69) is 11.7 Å². The van der Waals surface area contributed by atoms with E-state index in [4.69, 9.17) is 10.2 Å². The van der Waals surface area contributed by atoms with Crippen molar-refractivity contribution in [1.29, 1.82) is 0 Å². The van der Waals surface area contributed by atoms with Crippen LogP contribution < -0.4 is 5.09 Å². The lowest BCUT2D eigenvalue weighted by atomic mass is 10.1. The van der Waals surface area contributed by atoms with Crippen molar-refractivity contribution in [3.63, 3.8) is 0 Å². The van der Waals surface area contributed by atoms with Crippen LogP contribution in [-0.2, 0) is 14.2 Å². The molecule has 0 aliphatic rings. The molecule has 0 bridgehead atoms. The smallest absolute Gasteiger partial charge is 0.321 e. The van der Waals surface area contributed by atoms with E-state index in [1.54, 1.807) is 30.3 Å². The highest BCUT2D eigenvalue weighted by Gasteiger charge is 2.34. The van der Waals surface area contributed by atoms with E-state index in [1.807, 2.05) is 0 Å². The minimum atomic E-state index is -4.14. The van der Waals surface area contributed by atoms with E-state index in [1.165, 1.54) is 6.08 Å². The molecule has 0 spiro atoms. The van der Waals surface area contributed by atoms with Gasteiger partial charge in [0.25, 0.3) is 7.52 Å². The van der Waals surface area contributed by atoms with Crippen molar-refractivity contribution in [3.8, 4) is 0 Å². The van der Waals surface area contributed by atoms with Crippen LogP contribution in [0, 0.1) is 0 Å². The topological polar surface area (TPSA) is 124 Å². The van der Waals surface area contributed by atoms with Crippen LogP contribution in [0.25, 0.3) is 0 Å². The summed E-state index contributed by atoms with van der Waals surface area (Å²) in [6.45, 7) is 3.52. The fourth-order valence-electron chi connectivity index (χ4n) is 1.95. The first-order chi connectivity index (χ1) is 10.3. The van der Waals surface area contributed by atoms with Gasteiger partial charge in [0.05, 0.1) is 5.66 Å². The lowest BCUT2D eigenvalue weighted by molar-refractivity contribution is -0.140. The summed E-state index contributed by atoms with van der Waals surface area (Å²) in [6.07, 6.45) is 0.543. The van der Waals surface area contributed by atoms with E-state index in [9.17, 15) is 19.0 Å². The number of rotatable bonds is 9. The summed E-state index contributed by atoms with van der Waals surface area (Å²) in [5.74, 6) is -2.56. The number of carboxylic acid groups (broad SMARTS) is 2. The molecule has 0 amide bonds. The molecule has 1 aromatic carbocycles. The van der Waals surface area contributed by atoms with Crippen molar-refractivity contribution in [2.45, 2.75) is 24.5 Å². The fourth-order valence-corrected chi connectivity index (χ4v) is 3.65. The number of aliphatic carboxylic acids is 2. The minimum Gasteiger partial charge on any atom is -0.481 e. The number of allylic oxidation sites excluding steroid dienone is 1. The van der Waals surface area contributed by atoms with Crippen LogP contribution in [0.5, 0.6) is 0 Å². The summed E-state index contributed by atoms with van der Waals surface area (Å²) < 4.78 is 12.5. The molecule has 22 heavy (non-hydrogen) atoms. The van der Waals surface area contributed by atoms with Crippen LogP contribution in [0.3, 0.4) is 0 Å². The maximum absolute atomic E-state index is 12.5. The Hall–Kier alpha value is -1.95. The van der Waals surface area contributed by atoms with Crippen molar-refractivity contribution in [2.75, 3.05) is 0 Å². The van der Waals surface area contributed by atoms with Crippen LogP contribution in [0.15, 0.2) is 43.0 Å². The third-order valence-corrected chi connectivity index (χ3v) is 4.97. The molecular weight excluding hydrogens is 309 g/mol. The number of nitrogens with one attached hydrogen (secondary N) is 1. The van der Waals surface area contributed by atoms with Crippen molar-refractivity contribution < 1.29 is 29.3 Å². The summed E-state index contributed by atoms with van der Waals surface area (Å²) in [5.41, 5.74) is -0.474. The van der Waals surface area contributed by atoms with E-state index in [0.717, 1.165) is 0 Å². The Labute approximate surface area is 127 Å². The Bertz CT molecular complexity index is 588. The van der Waals surface area contributed by atoms with Crippen molar-refractivity contribution in [1.82, 2.24) is 5.09 Å².